The van der Waals surface area contributed by atoms with Crippen molar-refractivity contribution in [3.8, 4) is 0 Å². The van der Waals surface area contributed by atoms with E-state index in [4.69, 9.17) is 0 Å². The van der Waals surface area contributed by atoms with Gasteiger partial charge >= 0.3 is 0 Å². The van der Waals surface area contributed by atoms with E-state index in [2.05, 4.69) is 129 Å². The normalized spacial score (nSPS) is 22.1. The molecule has 0 aromatic heterocycles. The van der Waals surface area contributed by atoms with Crippen LogP contribution in [-0.2, 0) is 10.8 Å². The molecule has 0 fully saturated rings. The van der Waals surface area contributed by atoms with Crippen LogP contribution >= 0.6 is 0 Å². The van der Waals surface area contributed by atoms with Gasteiger partial charge in [0.2, 0.25) is 5.69 Å². The van der Waals surface area contributed by atoms with Crippen molar-refractivity contribution >= 4 is 17.1 Å². The number of allylic oxidation sites excluding steroid dienone is 7. The van der Waals surface area contributed by atoms with Crippen molar-refractivity contribution in [2.75, 3.05) is 32.1 Å². The maximum atomic E-state index is 9.63. The number of rotatable bonds is 6. The van der Waals surface area contributed by atoms with Gasteiger partial charge in [0.05, 0.1) is 12.0 Å². The Hall–Kier alpha value is -3.37. The number of aliphatic hydroxyl groups excluding tert-OH is 1. The van der Waals surface area contributed by atoms with Crippen LogP contribution in [0.1, 0.15) is 58.1 Å². The fraction of sp³-hybridized carbons (Fsp3) is 0.382. The lowest BCUT2D eigenvalue weighted by Gasteiger charge is -2.25. The molecule has 0 radical (unpaired) electrons. The van der Waals surface area contributed by atoms with Gasteiger partial charge in [0.25, 0.3) is 0 Å². The summed E-state index contributed by atoms with van der Waals surface area (Å²) in [7, 11) is 4.34. The number of likely N-dealkylation sites (N-methyl/N-ethyl adjacent to an activating group) is 1. The lowest BCUT2D eigenvalue weighted by molar-refractivity contribution is -0.401. The van der Waals surface area contributed by atoms with Gasteiger partial charge in [-0.25, -0.2) is 0 Å². The van der Waals surface area contributed by atoms with E-state index in [-0.39, 0.29) is 17.4 Å². The average Bonchev–Trinajstić information content (AvgIpc) is 3.23. The van der Waals surface area contributed by atoms with Crippen LogP contribution < -0.4 is 10.2 Å². The summed E-state index contributed by atoms with van der Waals surface area (Å²) in [6.07, 6.45) is 12.4. The number of nitrogens with zero attached hydrogens (tertiary/aromatic N) is 2. The van der Waals surface area contributed by atoms with Crippen molar-refractivity contribution in [1.82, 2.24) is 5.32 Å². The van der Waals surface area contributed by atoms with Crippen molar-refractivity contribution in [2.24, 2.45) is 0 Å². The van der Waals surface area contributed by atoms with Crippen LogP contribution in [0.5, 0.6) is 0 Å². The molecule has 0 spiro atoms. The van der Waals surface area contributed by atoms with Gasteiger partial charge in [-0.05, 0) is 62.0 Å². The minimum atomic E-state index is -0.0491. The summed E-state index contributed by atoms with van der Waals surface area (Å²) in [6.45, 7) is 9.90. The summed E-state index contributed by atoms with van der Waals surface area (Å²) in [6, 6.07) is 17.4. The van der Waals surface area contributed by atoms with Gasteiger partial charge in [0, 0.05) is 53.8 Å². The molecule has 0 bridgehead atoms. The van der Waals surface area contributed by atoms with E-state index < -0.39 is 0 Å². The summed E-state index contributed by atoms with van der Waals surface area (Å²) in [4.78, 5) is 2.33. The van der Waals surface area contributed by atoms with E-state index >= 15 is 0 Å². The minimum Gasteiger partial charge on any atom is -0.395 e. The molecule has 0 saturated carbocycles. The van der Waals surface area contributed by atoms with E-state index in [0.29, 0.717) is 6.54 Å². The lowest BCUT2D eigenvalue weighted by atomic mass is 9.81. The van der Waals surface area contributed by atoms with Crippen molar-refractivity contribution in [2.45, 2.75) is 57.8 Å². The Morgan fingerprint density at radius 2 is 1.63 bits per heavy atom. The van der Waals surface area contributed by atoms with E-state index in [1.165, 1.54) is 50.8 Å². The molecule has 2 heterocycles. The fourth-order valence-corrected chi connectivity index (χ4v) is 6.63. The second kappa shape index (κ2) is 10.1. The van der Waals surface area contributed by atoms with E-state index in [1.807, 2.05) is 0 Å². The van der Waals surface area contributed by atoms with Crippen LogP contribution in [0.3, 0.4) is 0 Å². The van der Waals surface area contributed by atoms with Crippen LogP contribution in [0.15, 0.2) is 95.4 Å². The van der Waals surface area contributed by atoms with Gasteiger partial charge in [-0.3, -0.25) is 0 Å². The molecule has 0 amide bonds. The number of hydrogen-bond donors (Lipinski definition) is 2. The molecule has 2 aromatic carbocycles. The zero-order valence-electron chi connectivity index (χ0n) is 23.8. The van der Waals surface area contributed by atoms with Crippen LogP contribution in [0.25, 0.3) is 0 Å². The monoisotopic (exact) mass is 508 g/mol. The number of benzene rings is 2. The van der Waals surface area contributed by atoms with E-state index in [0.717, 1.165) is 19.3 Å². The van der Waals surface area contributed by atoms with Crippen LogP contribution in [0, 0.1) is 0 Å². The van der Waals surface area contributed by atoms with Crippen molar-refractivity contribution in [1.29, 1.82) is 0 Å². The summed E-state index contributed by atoms with van der Waals surface area (Å²) in [5.74, 6) is 0. The molecule has 2 aromatic rings. The zero-order chi connectivity index (χ0) is 27.1. The van der Waals surface area contributed by atoms with Gasteiger partial charge < -0.3 is 15.3 Å². The lowest BCUT2D eigenvalue weighted by Crippen LogP contribution is -2.27. The molecule has 2 N–H and O–H groups in total. The van der Waals surface area contributed by atoms with Gasteiger partial charge in [-0.1, -0.05) is 62.4 Å². The highest BCUT2D eigenvalue weighted by molar-refractivity contribution is 6.03. The molecule has 0 atom stereocenters. The second-order valence-electron chi connectivity index (χ2n) is 11.8. The third-order valence-electron chi connectivity index (χ3n) is 8.71. The first-order valence-electron chi connectivity index (χ1n) is 13.9. The summed E-state index contributed by atoms with van der Waals surface area (Å²) < 4.78 is 2.33. The van der Waals surface area contributed by atoms with Crippen molar-refractivity contribution in [3.63, 3.8) is 0 Å². The summed E-state index contributed by atoms with van der Waals surface area (Å²) in [5.41, 5.74) is 11.6. The highest BCUT2D eigenvalue weighted by atomic mass is 16.3. The molecule has 38 heavy (non-hydrogen) atoms. The Bertz CT molecular complexity index is 1400. The molecular weight excluding hydrogens is 466 g/mol. The molecule has 5 rings (SSSR count). The molecule has 0 unspecified atom stereocenters. The van der Waals surface area contributed by atoms with Crippen LogP contribution in [-0.4, -0.2) is 42.6 Å². The minimum absolute atomic E-state index is 0.0491. The average molecular weight is 509 g/mol. The van der Waals surface area contributed by atoms with Gasteiger partial charge in [0.15, 0.2) is 5.71 Å². The maximum absolute atomic E-state index is 9.63. The number of aliphatic hydroxyl groups is 1. The first-order chi connectivity index (χ1) is 18.2. The van der Waals surface area contributed by atoms with E-state index in [1.54, 1.807) is 0 Å². The Kier molecular flexibility index (Phi) is 6.96. The van der Waals surface area contributed by atoms with E-state index in [9.17, 15) is 5.11 Å². The third kappa shape index (κ3) is 4.35. The van der Waals surface area contributed by atoms with Crippen LogP contribution in [0.4, 0.5) is 11.4 Å². The topological polar surface area (TPSA) is 38.5 Å². The second-order valence-corrected chi connectivity index (χ2v) is 11.8. The number of para-hydroxylation sites is 2. The third-order valence-corrected chi connectivity index (χ3v) is 8.71. The van der Waals surface area contributed by atoms with Gasteiger partial charge in [0.1, 0.15) is 7.05 Å². The fourth-order valence-electron chi connectivity index (χ4n) is 6.63. The molecular formula is C34H42N3O+. The first kappa shape index (κ1) is 26.2. The van der Waals surface area contributed by atoms with Gasteiger partial charge in [-0.2, -0.15) is 4.58 Å². The van der Waals surface area contributed by atoms with Crippen molar-refractivity contribution < 1.29 is 9.68 Å². The Morgan fingerprint density at radius 1 is 0.921 bits per heavy atom. The molecule has 0 saturated heterocycles. The number of nitrogens with one attached hydrogen (secondary N) is 1. The Balaban J connectivity index is 1.51. The number of hydrogen-bond acceptors (Lipinski definition) is 3. The molecule has 3 aliphatic rings. The molecule has 2 aliphatic heterocycles. The molecule has 4 nitrogen and oxygen atoms in total. The Labute approximate surface area is 228 Å². The molecule has 1 aliphatic carbocycles. The molecule has 198 valence electrons. The predicted octanol–water partition coefficient (Wildman–Crippen LogP) is 6.51. The SMILES string of the molecule is CN1C(=CC=C2CCCC(C=CC3=[N+](C)c4ccccc4C3(C)C)=C2NCCO)C(C)(C)c2ccccc21. The highest BCUT2D eigenvalue weighted by Crippen LogP contribution is 2.47. The Morgan fingerprint density at radius 3 is 2.34 bits per heavy atom. The summed E-state index contributed by atoms with van der Waals surface area (Å²) >= 11 is 0. The number of anilines is 1. The quantitative estimate of drug-likeness (QED) is 0.437. The standard InChI is InChI=1S/C34H41N3O/c1-33(2)26-14-7-9-16-28(26)36(5)30(33)20-18-24-12-11-13-25(32(24)35-22-23-38)19-21-31-34(3,4)27-15-8-10-17-29(27)37(31)6/h7-10,14-21,38H,11-13,22-23H2,1-6H3/p+1. The van der Waals surface area contributed by atoms with Gasteiger partial charge in [-0.15, -0.1) is 0 Å². The predicted molar refractivity (Wildman–Crippen MR) is 159 cm³/mol. The molecule has 4 heteroatoms. The van der Waals surface area contributed by atoms with Crippen molar-refractivity contribution in [3.05, 3.63) is 107 Å². The first-order valence-corrected chi connectivity index (χ1v) is 13.9. The zero-order valence-corrected chi connectivity index (χ0v) is 23.8. The van der Waals surface area contributed by atoms with Crippen LogP contribution in [0.2, 0.25) is 0 Å². The smallest absolute Gasteiger partial charge is 0.209 e. The summed E-state index contributed by atoms with van der Waals surface area (Å²) in [5, 5.41) is 13.2. The number of fused-ring (bicyclic) bond motifs is 2. The highest BCUT2D eigenvalue weighted by Gasteiger charge is 2.42. The maximum Gasteiger partial charge on any atom is 0.209 e. The largest absolute Gasteiger partial charge is 0.395 e.